The molecule has 1 N–H and O–H groups in total. The third kappa shape index (κ3) is 2.98. The molecule has 0 unspecified atom stereocenters. The Morgan fingerprint density at radius 1 is 1.04 bits per heavy atom. The molecule has 0 bridgehead atoms. The van der Waals surface area contributed by atoms with Gasteiger partial charge in [0.25, 0.3) is 0 Å². The van der Waals surface area contributed by atoms with Gasteiger partial charge in [0.1, 0.15) is 5.52 Å². The van der Waals surface area contributed by atoms with Crippen LogP contribution in [0.15, 0.2) is 65.1 Å². The first-order chi connectivity index (χ1) is 12.2. The molecule has 1 heterocycles. The number of fused-ring (bicyclic) bond motifs is 3. The molecule has 0 saturated carbocycles. The predicted molar refractivity (Wildman–Crippen MR) is 100 cm³/mol. The normalized spacial score (nSPS) is 11.1. The largest absolute Gasteiger partial charge is 0.436 e. The second kappa shape index (κ2) is 6.40. The van der Waals surface area contributed by atoms with Crippen molar-refractivity contribution in [3.63, 3.8) is 0 Å². The molecular formula is C21H18N2O2. The molecule has 0 saturated heterocycles. The summed E-state index contributed by atoms with van der Waals surface area (Å²) in [5.41, 5.74) is 3.31. The van der Waals surface area contributed by atoms with Gasteiger partial charge >= 0.3 is 0 Å². The fourth-order valence-electron chi connectivity index (χ4n) is 2.93. The highest BCUT2D eigenvalue weighted by Crippen LogP contribution is 2.30. The van der Waals surface area contributed by atoms with Gasteiger partial charge in [-0.25, -0.2) is 4.98 Å². The molecular weight excluding hydrogens is 312 g/mol. The van der Waals surface area contributed by atoms with Crippen LogP contribution in [0.5, 0.6) is 0 Å². The summed E-state index contributed by atoms with van der Waals surface area (Å²) < 4.78 is 5.92. The molecule has 0 spiro atoms. The van der Waals surface area contributed by atoms with Gasteiger partial charge in [-0.05, 0) is 42.1 Å². The molecule has 4 heteroatoms. The third-order valence-corrected chi connectivity index (χ3v) is 4.18. The van der Waals surface area contributed by atoms with E-state index in [9.17, 15) is 4.79 Å². The zero-order valence-electron chi connectivity index (χ0n) is 14.0. The number of hydrogen-bond donors (Lipinski definition) is 1. The maximum Gasteiger partial charge on any atom is 0.227 e. The second-order valence-corrected chi connectivity index (χ2v) is 6.03. The van der Waals surface area contributed by atoms with E-state index < -0.39 is 0 Å². The van der Waals surface area contributed by atoms with Gasteiger partial charge in [0.2, 0.25) is 11.8 Å². The van der Waals surface area contributed by atoms with E-state index in [1.54, 1.807) is 0 Å². The third-order valence-electron chi connectivity index (χ3n) is 4.18. The number of carbonyl (C=O) groups is 1. The quantitative estimate of drug-likeness (QED) is 0.546. The van der Waals surface area contributed by atoms with Crippen LogP contribution in [0.3, 0.4) is 0 Å². The molecule has 0 fully saturated rings. The van der Waals surface area contributed by atoms with E-state index in [-0.39, 0.29) is 5.91 Å². The number of oxazole rings is 1. The number of carbonyl (C=O) groups excluding carboxylic acids is 1. The van der Waals surface area contributed by atoms with Crippen molar-refractivity contribution in [1.29, 1.82) is 0 Å². The smallest absolute Gasteiger partial charge is 0.227 e. The summed E-state index contributed by atoms with van der Waals surface area (Å²) in [6.45, 7) is 1.99. The average Bonchev–Trinajstić information content (AvgIpc) is 3.07. The molecule has 0 atom stereocenters. The predicted octanol–water partition coefficient (Wildman–Crippen LogP) is 5.39. The Labute approximate surface area is 145 Å². The van der Waals surface area contributed by atoms with Gasteiger partial charge in [-0.2, -0.15) is 0 Å². The van der Waals surface area contributed by atoms with Crippen molar-refractivity contribution >= 4 is 33.5 Å². The van der Waals surface area contributed by atoms with Crippen LogP contribution in [0.1, 0.15) is 19.8 Å². The van der Waals surface area contributed by atoms with E-state index in [0.29, 0.717) is 12.3 Å². The van der Waals surface area contributed by atoms with E-state index in [1.165, 1.54) is 0 Å². The van der Waals surface area contributed by atoms with Crippen LogP contribution in [-0.2, 0) is 4.79 Å². The summed E-state index contributed by atoms with van der Waals surface area (Å²) in [7, 11) is 0. The van der Waals surface area contributed by atoms with Crippen LogP contribution >= 0.6 is 0 Å². The molecule has 1 aromatic heterocycles. The molecule has 124 valence electrons. The molecule has 0 aliphatic heterocycles. The molecule has 0 aliphatic carbocycles. The summed E-state index contributed by atoms with van der Waals surface area (Å²) in [5, 5.41) is 5.11. The first-order valence-corrected chi connectivity index (χ1v) is 8.43. The van der Waals surface area contributed by atoms with Crippen LogP contribution in [0, 0.1) is 0 Å². The highest BCUT2D eigenvalue weighted by molar-refractivity contribution is 6.04. The molecule has 25 heavy (non-hydrogen) atoms. The highest BCUT2D eigenvalue weighted by atomic mass is 16.3. The number of aromatic nitrogens is 1. The van der Waals surface area contributed by atoms with Crippen LogP contribution in [-0.4, -0.2) is 10.9 Å². The Morgan fingerprint density at radius 3 is 2.64 bits per heavy atom. The molecule has 0 aliphatic rings. The summed E-state index contributed by atoms with van der Waals surface area (Å²) in [5.74, 6) is 0.612. The molecule has 4 rings (SSSR count). The van der Waals surface area contributed by atoms with Crippen molar-refractivity contribution in [2.75, 3.05) is 5.32 Å². The van der Waals surface area contributed by atoms with Crippen molar-refractivity contribution < 1.29 is 9.21 Å². The van der Waals surface area contributed by atoms with Crippen molar-refractivity contribution in [2.45, 2.75) is 19.8 Å². The number of nitrogens with one attached hydrogen (secondary N) is 1. The fraction of sp³-hybridized carbons (Fsp3) is 0.143. The minimum absolute atomic E-state index is 0.0311. The van der Waals surface area contributed by atoms with Gasteiger partial charge < -0.3 is 9.73 Å². The Morgan fingerprint density at radius 2 is 1.84 bits per heavy atom. The molecule has 4 nitrogen and oxygen atoms in total. The number of amides is 1. The SMILES string of the molecule is CCCC(=O)Nc1ccc(-c2nc3c(ccc4ccccc43)o2)cc1. The van der Waals surface area contributed by atoms with E-state index in [4.69, 9.17) is 4.42 Å². The van der Waals surface area contributed by atoms with Gasteiger partial charge in [-0.1, -0.05) is 37.3 Å². The highest BCUT2D eigenvalue weighted by Gasteiger charge is 2.11. The van der Waals surface area contributed by atoms with Gasteiger partial charge in [0.15, 0.2) is 5.58 Å². The molecule has 0 radical (unpaired) electrons. The Balaban J connectivity index is 1.67. The van der Waals surface area contributed by atoms with E-state index in [2.05, 4.69) is 22.4 Å². The minimum atomic E-state index is 0.0311. The first-order valence-electron chi connectivity index (χ1n) is 8.43. The van der Waals surface area contributed by atoms with Crippen molar-refractivity contribution in [3.05, 3.63) is 60.7 Å². The standard InChI is InChI=1S/C21H18N2O2/c1-2-5-19(24)22-16-11-8-15(9-12-16)21-23-20-17-7-4-3-6-14(17)10-13-18(20)25-21/h3-4,6-13H,2,5H2,1H3,(H,22,24). The lowest BCUT2D eigenvalue weighted by atomic mass is 10.1. The number of anilines is 1. The van der Waals surface area contributed by atoms with Crippen LogP contribution in [0.4, 0.5) is 5.69 Å². The summed E-state index contributed by atoms with van der Waals surface area (Å²) in [4.78, 5) is 16.3. The number of hydrogen-bond acceptors (Lipinski definition) is 3. The van der Waals surface area contributed by atoms with Gasteiger partial charge in [-0.3, -0.25) is 4.79 Å². The Kier molecular flexibility index (Phi) is 3.94. The summed E-state index contributed by atoms with van der Waals surface area (Å²) >= 11 is 0. The lowest BCUT2D eigenvalue weighted by Crippen LogP contribution is -2.10. The van der Waals surface area contributed by atoms with Crippen molar-refractivity contribution in [2.24, 2.45) is 0 Å². The second-order valence-electron chi connectivity index (χ2n) is 6.03. The molecule has 3 aromatic carbocycles. The van der Waals surface area contributed by atoms with Gasteiger partial charge in [0, 0.05) is 23.1 Å². The van der Waals surface area contributed by atoms with Crippen LogP contribution in [0.2, 0.25) is 0 Å². The van der Waals surface area contributed by atoms with Gasteiger partial charge in [-0.15, -0.1) is 0 Å². The minimum Gasteiger partial charge on any atom is -0.436 e. The monoisotopic (exact) mass is 330 g/mol. The van der Waals surface area contributed by atoms with Crippen LogP contribution < -0.4 is 5.32 Å². The topological polar surface area (TPSA) is 55.1 Å². The van der Waals surface area contributed by atoms with Crippen molar-refractivity contribution in [3.8, 4) is 11.5 Å². The van der Waals surface area contributed by atoms with E-state index in [1.807, 2.05) is 55.5 Å². The molecule has 4 aromatic rings. The summed E-state index contributed by atoms with van der Waals surface area (Å²) in [6.07, 6.45) is 1.36. The Hall–Kier alpha value is -3.14. The van der Waals surface area contributed by atoms with Crippen LogP contribution in [0.25, 0.3) is 33.3 Å². The fourth-order valence-corrected chi connectivity index (χ4v) is 2.93. The van der Waals surface area contributed by atoms with Crippen molar-refractivity contribution in [1.82, 2.24) is 4.98 Å². The average molecular weight is 330 g/mol. The zero-order valence-corrected chi connectivity index (χ0v) is 14.0. The number of nitrogens with zero attached hydrogens (tertiary/aromatic N) is 1. The first kappa shape index (κ1) is 15.4. The van der Waals surface area contributed by atoms with Gasteiger partial charge in [0.05, 0.1) is 0 Å². The molecule has 1 amide bonds. The lowest BCUT2D eigenvalue weighted by Gasteiger charge is -2.04. The maximum absolute atomic E-state index is 11.7. The maximum atomic E-state index is 11.7. The van der Waals surface area contributed by atoms with E-state index in [0.717, 1.165) is 39.5 Å². The number of benzene rings is 3. The summed E-state index contributed by atoms with van der Waals surface area (Å²) in [6, 6.07) is 19.7. The van der Waals surface area contributed by atoms with E-state index >= 15 is 0 Å². The zero-order chi connectivity index (χ0) is 17.2. The Bertz CT molecular complexity index is 1050. The number of rotatable bonds is 4. The lowest BCUT2D eigenvalue weighted by molar-refractivity contribution is -0.116.